The molecule has 1 heterocycles. The summed E-state index contributed by atoms with van der Waals surface area (Å²) in [7, 11) is 0. The van der Waals surface area contributed by atoms with Crippen molar-refractivity contribution in [3.8, 4) is 5.69 Å². The topological polar surface area (TPSA) is 43.8 Å². The zero-order valence-electron chi connectivity index (χ0n) is 8.34. The van der Waals surface area contributed by atoms with Crippen molar-refractivity contribution in [2.45, 2.75) is 6.92 Å². The number of aryl methyl sites for hydroxylation is 1. The van der Waals surface area contributed by atoms with Crippen LogP contribution in [-0.2, 0) is 0 Å². The Morgan fingerprint density at radius 1 is 1.47 bits per heavy atom. The largest absolute Gasteiger partial charge is 0.389 e. The summed E-state index contributed by atoms with van der Waals surface area (Å²) in [5.74, 6) is 0. The predicted molar refractivity (Wildman–Crippen MR) is 64.2 cm³/mol. The van der Waals surface area contributed by atoms with Crippen molar-refractivity contribution in [3.63, 3.8) is 0 Å². The van der Waals surface area contributed by atoms with Gasteiger partial charge in [0.15, 0.2) is 0 Å². The molecule has 2 aromatic rings. The quantitative estimate of drug-likeness (QED) is 0.780. The summed E-state index contributed by atoms with van der Waals surface area (Å²) in [5.41, 5.74) is 8.59. The van der Waals surface area contributed by atoms with Crippen molar-refractivity contribution in [2.24, 2.45) is 5.73 Å². The van der Waals surface area contributed by atoms with Crippen LogP contribution in [0.4, 0.5) is 0 Å². The number of nitrogens with zero attached hydrogens (tertiary/aromatic N) is 2. The van der Waals surface area contributed by atoms with Gasteiger partial charge in [-0.1, -0.05) is 12.2 Å². The van der Waals surface area contributed by atoms with Gasteiger partial charge in [0.25, 0.3) is 0 Å². The average Bonchev–Trinajstić information content (AvgIpc) is 2.70. The van der Waals surface area contributed by atoms with Gasteiger partial charge in [-0.15, -0.1) is 0 Å². The Balaban J connectivity index is 2.48. The molecule has 0 aliphatic heterocycles. The molecule has 0 radical (unpaired) electrons. The first-order valence-electron chi connectivity index (χ1n) is 4.59. The molecule has 0 bridgehead atoms. The standard InChI is InChI=1S/C11H11N3S/c1-8-7-9(11(12)15)3-4-10(8)14-6-2-5-13-14/h2-7H,1H3,(H2,12,15). The van der Waals surface area contributed by atoms with E-state index in [4.69, 9.17) is 18.0 Å². The zero-order valence-corrected chi connectivity index (χ0v) is 9.16. The molecular weight excluding hydrogens is 206 g/mol. The van der Waals surface area contributed by atoms with Crippen LogP contribution in [0, 0.1) is 6.92 Å². The Labute approximate surface area is 93.5 Å². The number of hydrogen-bond acceptors (Lipinski definition) is 2. The van der Waals surface area contributed by atoms with Gasteiger partial charge in [0.2, 0.25) is 0 Å². The molecule has 76 valence electrons. The van der Waals surface area contributed by atoms with Gasteiger partial charge in [0, 0.05) is 18.0 Å². The number of thiocarbonyl (C=S) groups is 1. The van der Waals surface area contributed by atoms with Crippen LogP contribution < -0.4 is 5.73 Å². The molecule has 3 nitrogen and oxygen atoms in total. The van der Waals surface area contributed by atoms with Gasteiger partial charge in [-0.3, -0.25) is 0 Å². The van der Waals surface area contributed by atoms with E-state index in [1.54, 1.807) is 6.20 Å². The fourth-order valence-corrected chi connectivity index (χ4v) is 1.60. The summed E-state index contributed by atoms with van der Waals surface area (Å²) in [6.07, 6.45) is 3.66. The van der Waals surface area contributed by atoms with E-state index in [1.165, 1.54) is 0 Å². The maximum absolute atomic E-state index is 5.56. The van der Waals surface area contributed by atoms with E-state index < -0.39 is 0 Å². The molecule has 1 aromatic heterocycles. The van der Waals surface area contributed by atoms with Crippen LogP contribution in [0.5, 0.6) is 0 Å². The first kappa shape index (κ1) is 9.86. The predicted octanol–water partition coefficient (Wildman–Crippen LogP) is 1.81. The van der Waals surface area contributed by atoms with Crippen LogP contribution in [0.15, 0.2) is 36.7 Å². The summed E-state index contributed by atoms with van der Waals surface area (Å²) < 4.78 is 1.82. The number of rotatable bonds is 2. The average molecular weight is 217 g/mol. The van der Waals surface area contributed by atoms with E-state index in [0.29, 0.717) is 4.99 Å². The van der Waals surface area contributed by atoms with Crippen molar-refractivity contribution in [2.75, 3.05) is 0 Å². The second-order valence-corrected chi connectivity index (χ2v) is 3.76. The first-order chi connectivity index (χ1) is 7.18. The summed E-state index contributed by atoms with van der Waals surface area (Å²) >= 11 is 4.92. The highest BCUT2D eigenvalue weighted by atomic mass is 32.1. The van der Waals surface area contributed by atoms with Gasteiger partial charge in [-0.05, 0) is 36.8 Å². The molecule has 0 atom stereocenters. The summed E-state index contributed by atoms with van der Waals surface area (Å²) in [5, 5.41) is 4.17. The summed E-state index contributed by atoms with van der Waals surface area (Å²) in [4.78, 5) is 0.421. The highest BCUT2D eigenvalue weighted by Gasteiger charge is 2.03. The smallest absolute Gasteiger partial charge is 0.103 e. The lowest BCUT2D eigenvalue weighted by atomic mass is 10.1. The van der Waals surface area contributed by atoms with Gasteiger partial charge in [0.1, 0.15) is 4.99 Å². The Morgan fingerprint density at radius 2 is 2.27 bits per heavy atom. The third kappa shape index (κ3) is 1.89. The monoisotopic (exact) mass is 217 g/mol. The Hall–Kier alpha value is -1.68. The van der Waals surface area contributed by atoms with Crippen molar-refractivity contribution in [1.82, 2.24) is 9.78 Å². The molecule has 1 aromatic carbocycles. The minimum absolute atomic E-state index is 0.421. The van der Waals surface area contributed by atoms with Crippen LogP contribution in [0.3, 0.4) is 0 Å². The minimum Gasteiger partial charge on any atom is -0.389 e. The van der Waals surface area contributed by atoms with Crippen molar-refractivity contribution >= 4 is 17.2 Å². The number of aromatic nitrogens is 2. The van der Waals surface area contributed by atoms with Crippen molar-refractivity contribution < 1.29 is 0 Å². The van der Waals surface area contributed by atoms with E-state index in [2.05, 4.69) is 5.10 Å². The normalized spacial score (nSPS) is 10.2. The Bertz CT molecular complexity index is 489. The molecule has 2 rings (SSSR count). The molecule has 0 amide bonds. The van der Waals surface area contributed by atoms with Gasteiger partial charge < -0.3 is 5.73 Å². The second-order valence-electron chi connectivity index (χ2n) is 3.32. The highest BCUT2D eigenvalue weighted by Crippen LogP contribution is 2.14. The summed E-state index contributed by atoms with van der Waals surface area (Å²) in [6, 6.07) is 7.74. The van der Waals surface area contributed by atoms with E-state index in [9.17, 15) is 0 Å². The van der Waals surface area contributed by atoms with E-state index >= 15 is 0 Å². The molecule has 0 saturated heterocycles. The maximum atomic E-state index is 5.56. The molecule has 0 aliphatic carbocycles. The van der Waals surface area contributed by atoms with Crippen LogP contribution in [-0.4, -0.2) is 14.8 Å². The van der Waals surface area contributed by atoms with Crippen LogP contribution >= 0.6 is 12.2 Å². The minimum atomic E-state index is 0.421. The first-order valence-corrected chi connectivity index (χ1v) is 5.00. The molecular formula is C11H11N3S. The van der Waals surface area contributed by atoms with Crippen LogP contribution in [0.2, 0.25) is 0 Å². The highest BCUT2D eigenvalue weighted by molar-refractivity contribution is 7.80. The number of hydrogen-bond donors (Lipinski definition) is 1. The van der Waals surface area contributed by atoms with E-state index in [0.717, 1.165) is 16.8 Å². The molecule has 0 aliphatic rings. The SMILES string of the molecule is Cc1cc(C(N)=S)ccc1-n1cccn1. The third-order valence-corrected chi connectivity index (χ3v) is 2.47. The maximum Gasteiger partial charge on any atom is 0.103 e. The van der Waals surface area contributed by atoms with Crippen molar-refractivity contribution in [3.05, 3.63) is 47.8 Å². The van der Waals surface area contributed by atoms with Crippen molar-refractivity contribution in [1.29, 1.82) is 0 Å². The number of benzene rings is 1. The van der Waals surface area contributed by atoms with Crippen LogP contribution in [0.25, 0.3) is 5.69 Å². The molecule has 0 unspecified atom stereocenters. The van der Waals surface area contributed by atoms with Gasteiger partial charge in [0.05, 0.1) is 5.69 Å². The van der Waals surface area contributed by atoms with E-state index in [1.807, 2.05) is 42.1 Å². The second kappa shape index (κ2) is 3.82. The van der Waals surface area contributed by atoms with E-state index in [-0.39, 0.29) is 0 Å². The van der Waals surface area contributed by atoms with Gasteiger partial charge >= 0.3 is 0 Å². The lowest BCUT2D eigenvalue weighted by Gasteiger charge is -2.07. The summed E-state index contributed by atoms with van der Waals surface area (Å²) in [6.45, 7) is 2.01. The zero-order chi connectivity index (χ0) is 10.8. The fraction of sp³-hybridized carbons (Fsp3) is 0.0909. The third-order valence-electron chi connectivity index (χ3n) is 2.23. The Kier molecular flexibility index (Phi) is 2.51. The molecule has 2 N–H and O–H groups in total. The lowest BCUT2D eigenvalue weighted by molar-refractivity contribution is 0.872. The number of nitrogens with two attached hydrogens (primary N) is 1. The molecule has 0 saturated carbocycles. The van der Waals surface area contributed by atoms with Gasteiger partial charge in [-0.25, -0.2) is 4.68 Å². The Morgan fingerprint density at radius 3 is 2.80 bits per heavy atom. The molecule has 0 fully saturated rings. The van der Waals surface area contributed by atoms with Crippen LogP contribution in [0.1, 0.15) is 11.1 Å². The lowest BCUT2D eigenvalue weighted by Crippen LogP contribution is -2.10. The fourth-order valence-electron chi connectivity index (χ4n) is 1.48. The molecule has 15 heavy (non-hydrogen) atoms. The van der Waals surface area contributed by atoms with Gasteiger partial charge in [-0.2, -0.15) is 5.10 Å². The molecule has 0 spiro atoms. The molecule has 4 heteroatoms.